The summed E-state index contributed by atoms with van der Waals surface area (Å²) in [5.41, 5.74) is 2.15. The molecule has 0 aliphatic heterocycles. The average molecular weight is 235 g/mol. The topological polar surface area (TPSA) is 58.6 Å². The van der Waals surface area contributed by atoms with Gasteiger partial charge in [0.05, 0.1) is 19.1 Å². The third-order valence-electron chi connectivity index (χ3n) is 3.04. The van der Waals surface area contributed by atoms with Gasteiger partial charge in [0.2, 0.25) is 5.91 Å². The number of benzene rings is 1. The van der Waals surface area contributed by atoms with Gasteiger partial charge >= 0.3 is 0 Å². The molecule has 0 unspecified atom stereocenters. The Balaban J connectivity index is 1.92. The monoisotopic (exact) mass is 235 g/mol. The van der Waals surface area contributed by atoms with Crippen LogP contribution in [-0.4, -0.2) is 24.7 Å². The molecule has 0 heterocycles. The number of hydrogen-bond donors (Lipinski definition) is 2. The number of aryl methyl sites for hydroxylation is 1. The summed E-state index contributed by atoms with van der Waals surface area (Å²) in [5, 5.41) is 12.2. The Kier molecular flexibility index (Phi) is 3.64. The number of aliphatic hydroxyl groups is 1. The van der Waals surface area contributed by atoms with Crippen LogP contribution < -0.4 is 10.1 Å². The van der Waals surface area contributed by atoms with Crippen LogP contribution in [0.5, 0.6) is 5.75 Å². The Labute approximate surface area is 101 Å². The maximum atomic E-state index is 11.0. The summed E-state index contributed by atoms with van der Waals surface area (Å²) in [6.07, 6.45) is 1.71. The molecule has 1 amide bonds. The van der Waals surface area contributed by atoms with E-state index >= 15 is 0 Å². The Hall–Kier alpha value is -1.55. The molecule has 4 heteroatoms. The lowest BCUT2D eigenvalue weighted by atomic mass is 10.1. The zero-order valence-electron chi connectivity index (χ0n) is 9.90. The van der Waals surface area contributed by atoms with E-state index in [0.29, 0.717) is 13.0 Å². The van der Waals surface area contributed by atoms with Crippen molar-refractivity contribution in [3.8, 4) is 5.75 Å². The van der Waals surface area contributed by atoms with Crippen LogP contribution in [0, 0.1) is 0 Å². The van der Waals surface area contributed by atoms with Gasteiger partial charge in [0.15, 0.2) is 0 Å². The lowest BCUT2D eigenvalue weighted by Crippen LogP contribution is -2.20. The van der Waals surface area contributed by atoms with Crippen molar-refractivity contribution in [2.24, 2.45) is 0 Å². The zero-order chi connectivity index (χ0) is 12.3. The third-order valence-corrected chi connectivity index (χ3v) is 3.04. The zero-order valence-corrected chi connectivity index (χ0v) is 9.90. The van der Waals surface area contributed by atoms with Crippen molar-refractivity contribution < 1.29 is 14.6 Å². The molecule has 0 saturated carbocycles. The molecule has 92 valence electrons. The third kappa shape index (κ3) is 2.77. The van der Waals surface area contributed by atoms with Gasteiger partial charge in [0.25, 0.3) is 0 Å². The van der Waals surface area contributed by atoms with Crippen molar-refractivity contribution in [2.45, 2.75) is 25.4 Å². The standard InChI is InChI=1S/C13H17NO3/c1-14-13(16)6-7-17-10-3-4-11-9(8-10)2-5-12(11)15/h3-4,8,12,15H,2,5-7H2,1H3,(H,14,16)/t12-/m1/s1. The van der Waals surface area contributed by atoms with Gasteiger partial charge in [-0.25, -0.2) is 0 Å². The van der Waals surface area contributed by atoms with Crippen LogP contribution in [0.3, 0.4) is 0 Å². The molecule has 0 aromatic heterocycles. The summed E-state index contributed by atoms with van der Waals surface area (Å²) < 4.78 is 5.50. The highest BCUT2D eigenvalue weighted by Gasteiger charge is 2.20. The Morgan fingerprint density at radius 1 is 1.59 bits per heavy atom. The molecule has 2 rings (SSSR count). The van der Waals surface area contributed by atoms with Crippen LogP contribution in [-0.2, 0) is 11.2 Å². The second kappa shape index (κ2) is 5.19. The summed E-state index contributed by atoms with van der Waals surface area (Å²) >= 11 is 0. The molecule has 0 spiro atoms. The van der Waals surface area contributed by atoms with E-state index < -0.39 is 0 Å². The highest BCUT2D eigenvalue weighted by Crippen LogP contribution is 2.33. The highest BCUT2D eigenvalue weighted by molar-refractivity contribution is 5.75. The number of rotatable bonds is 4. The van der Waals surface area contributed by atoms with Crippen LogP contribution in [0.25, 0.3) is 0 Å². The SMILES string of the molecule is CNC(=O)CCOc1ccc2c(c1)CC[C@H]2O. The van der Waals surface area contributed by atoms with Crippen molar-refractivity contribution >= 4 is 5.91 Å². The first-order valence-corrected chi connectivity index (χ1v) is 5.85. The molecule has 0 bridgehead atoms. The lowest BCUT2D eigenvalue weighted by molar-refractivity contribution is -0.121. The van der Waals surface area contributed by atoms with Crippen molar-refractivity contribution in [3.63, 3.8) is 0 Å². The number of nitrogens with one attached hydrogen (secondary N) is 1. The maximum Gasteiger partial charge on any atom is 0.223 e. The van der Waals surface area contributed by atoms with Crippen LogP contribution >= 0.6 is 0 Å². The fourth-order valence-corrected chi connectivity index (χ4v) is 2.05. The molecule has 1 aliphatic rings. The van der Waals surface area contributed by atoms with Crippen molar-refractivity contribution in [3.05, 3.63) is 29.3 Å². The fourth-order valence-electron chi connectivity index (χ4n) is 2.05. The summed E-state index contributed by atoms with van der Waals surface area (Å²) in [7, 11) is 1.61. The molecule has 0 radical (unpaired) electrons. The van der Waals surface area contributed by atoms with Gasteiger partial charge in [0, 0.05) is 7.05 Å². The smallest absolute Gasteiger partial charge is 0.223 e. The van der Waals surface area contributed by atoms with E-state index in [0.717, 1.165) is 29.7 Å². The number of carbonyl (C=O) groups excluding carboxylic acids is 1. The van der Waals surface area contributed by atoms with E-state index in [1.54, 1.807) is 7.05 Å². The molecule has 1 atom stereocenters. The molecule has 17 heavy (non-hydrogen) atoms. The molecule has 1 aliphatic carbocycles. The number of hydrogen-bond acceptors (Lipinski definition) is 3. The first kappa shape index (κ1) is 11.9. The highest BCUT2D eigenvalue weighted by atomic mass is 16.5. The van der Waals surface area contributed by atoms with E-state index in [-0.39, 0.29) is 12.0 Å². The van der Waals surface area contributed by atoms with E-state index in [1.807, 2.05) is 18.2 Å². The maximum absolute atomic E-state index is 11.0. The second-order valence-electron chi connectivity index (χ2n) is 4.19. The first-order valence-electron chi connectivity index (χ1n) is 5.85. The summed E-state index contributed by atoms with van der Waals surface area (Å²) in [5.74, 6) is 0.739. The van der Waals surface area contributed by atoms with Gasteiger partial charge in [0.1, 0.15) is 5.75 Å². The van der Waals surface area contributed by atoms with Gasteiger partial charge < -0.3 is 15.2 Å². The minimum absolute atomic E-state index is 0.0263. The fraction of sp³-hybridized carbons (Fsp3) is 0.462. The van der Waals surface area contributed by atoms with Crippen LogP contribution in [0.2, 0.25) is 0 Å². The Morgan fingerprint density at radius 3 is 3.18 bits per heavy atom. The van der Waals surface area contributed by atoms with E-state index in [1.165, 1.54) is 0 Å². The predicted molar refractivity (Wildman–Crippen MR) is 63.9 cm³/mol. The van der Waals surface area contributed by atoms with Gasteiger partial charge in [-0.05, 0) is 36.1 Å². The molecule has 1 aromatic carbocycles. The number of aliphatic hydroxyl groups excluding tert-OH is 1. The molecule has 0 saturated heterocycles. The van der Waals surface area contributed by atoms with E-state index in [2.05, 4.69) is 5.32 Å². The molecule has 2 N–H and O–H groups in total. The summed E-state index contributed by atoms with van der Waals surface area (Å²) in [6.45, 7) is 0.376. The van der Waals surface area contributed by atoms with Crippen molar-refractivity contribution in [2.75, 3.05) is 13.7 Å². The van der Waals surface area contributed by atoms with Crippen LogP contribution in [0.4, 0.5) is 0 Å². The first-order chi connectivity index (χ1) is 8.20. The van der Waals surface area contributed by atoms with Gasteiger partial charge in [-0.2, -0.15) is 0 Å². The second-order valence-corrected chi connectivity index (χ2v) is 4.19. The van der Waals surface area contributed by atoms with Crippen molar-refractivity contribution in [1.82, 2.24) is 5.32 Å². The molecular weight excluding hydrogens is 218 g/mol. The minimum atomic E-state index is -0.329. The quantitative estimate of drug-likeness (QED) is 0.824. The summed E-state index contributed by atoms with van der Waals surface area (Å²) in [4.78, 5) is 11.0. The Bertz CT molecular complexity index is 417. The number of amides is 1. The molecular formula is C13H17NO3. The lowest BCUT2D eigenvalue weighted by Gasteiger charge is -2.08. The van der Waals surface area contributed by atoms with Crippen LogP contribution in [0.1, 0.15) is 30.1 Å². The van der Waals surface area contributed by atoms with Crippen molar-refractivity contribution in [1.29, 1.82) is 0 Å². The van der Waals surface area contributed by atoms with E-state index in [4.69, 9.17) is 4.74 Å². The largest absolute Gasteiger partial charge is 0.493 e. The predicted octanol–water partition coefficient (Wildman–Crippen LogP) is 1.18. The Morgan fingerprint density at radius 2 is 2.41 bits per heavy atom. The van der Waals surface area contributed by atoms with Gasteiger partial charge in [-0.1, -0.05) is 6.07 Å². The number of carbonyl (C=O) groups is 1. The molecule has 4 nitrogen and oxygen atoms in total. The average Bonchev–Trinajstić information content (AvgIpc) is 2.70. The molecule has 1 aromatic rings. The summed E-state index contributed by atoms with van der Waals surface area (Å²) in [6, 6.07) is 5.70. The van der Waals surface area contributed by atoms with E-state index in [9.17, 15) is 9.90 Å². The van der Waals surface area contributed by atoms with Crippen LogP contribution in [0.15, 0.2) is 18.2 Å². The normalized spacial score (nSPS) is 17.6. The van der Waals surface area contributed by atoms with Gasteiger partial charge in [-0.15, -0.1) is 0 Å². The number of ether oxygens (including phenoxy) is 1. The minimum Gasteiger partial charge on any atom is -0.493 e. The number of fused-ring (bicyclic) bond motifs is 1. The van der Waals surface area contributed by atoms with Gasteiger partial charge in [-0.3, -0.25) is 4.79 Å². The molecule has 0 fully saturated rings.